The Morgan fingerprint density at radius 2 is 2.04 bits per heavy atom. The fourth-order valence-electron chi connectivity index (χ4n) is 1.65. The van der Waals surface area contributed by atoms with Gasteiger partial charge in [0.15, 0.2) is 0 Å². The lowest BCUT2D eigenvalue weighted by Gasteiger charge is -2.42. The van der Waals surface area contributed by atoms with Crippen molar-refractivity contribution >= 4 is 54.5 Å². The fraction of sp³-hybridized carbons (Fsp3) is 0.867. The van der Waals surface area contributed by atoms with Gasteiger partial charge in [0.05, 0.1) is 25.3 Å². The van der Waals surface area contributed by atoms with Gasteiger partial charge in [-0.25, -0.2) is 4.79 Å². The van der Waals surface area contributed by atoms with E-state index in [9.17, 15) is 4.79 Å². The van der Waals surface area contributed by atoms with Crippen LogP contribution in [0.4, 0.5) is 4.79 Å². The molecule has 1 saturated heterocycles. The Morgan fingerprint density at radius 1 is 1.46 bits per heavy atom. The van der Waals surface area contributed by atoms with Crippen LogP contribution in [0.2, 0.25) is 0 Å². The smallest absolute Gasteiger partial charge is 0.317 e. The Bertz CT molecular complexity index is 544. The van der Waals surface area contributed by atoms with Crippen molar-refractivity contribution in [3.05, 3.63) is 0 Å². The third-order valence-electron chi connectivity index (χ3n) is 3.36. The highest BCUT2D eigenvalue weighted by Gasteiger charge is 2.39. The molecule has 0 bridgehead atoms. The van der Waals surface area contributed by atoms with Crippen molar-refractivity contribution in [2.75, 3.05) is 25.3 Å². The fourth-order valence-corrected chi connectivity index (χ4v) is 6.63. The summed E-state index contributed by atoms with van der Waals surface area (Å²) in [5.41, 5.74) is -0.0414. The van der Waals surface area contributed by atoms with Crippen LogP contribution in [0.3, 0.4) is 0 Å². The second-order valence-corrected chi connectivity index (χ2v) is 13.4. The predicted molar refractivity (Wildman–Crippen MR) is 115 cm³/mol. The van der Waals surface area contributed by atoms with E-state index in [0.29, 0.717) is 13.2 Å². The number of carbonyl (C=O) groups is 1. The summed E-state index contributed by atoms with van der Waals surface area (Å²) in [7, 11) is 0. The van der Waals surface area contributed by atoms with Crippen LogP contribution < -0.4 is 5.32 Å². The molecular weight excluding hydrogens is 413 g/mol. The predicted octanol–water partition coefficient (Wildman–Crippen LogP) is 4.45. The Kier molecular flexibility index (Phi) is 9.40. The van der Waals surface area contributed by atoms with Crippen LogP contribution >= 0.6 is 30.4 Å². The molecule has 0 unspecified atom stereocenters. The second kappa shape index (κ2) is 10.1. The highest BCUT2D eigenvalue weighted by atomic mass is 32.5. The molecule has 11 heteroatoms. The molecule has 152 valence electrons. The average Bonchev–Trinajstić information content (AvgIpc) is 2.54. The molecule has 1 aliphatic rings. The van der Waals surface area contributed by atoms with Crippen molar-refractivity contribution in [2.45, 2.75) is 52.3 Å². The molecule has 0 spiro atoms. The number of thioether (sulfide) groups is 1. The molecule has 1 rings (SSSR count). The minimum atomic E-state index is -2.56. The lowest BCUT2D eigenvalue weighted by molar-refractivity contribution is 0.0489. The first-order chi connectivity index (χ1) is 11.9. The van der Waals surface area contributed by atoms with E-state index in [1.807, 2.05) is 38.0 Å². The van der Waals surface area contributed by atoms with Crippen molar-refractivity contribution in [2.24, 2.45) is 10.6 Å². The molecule has 0 aliphatic carbocycles. The highest BCUT2D eigenvalue weighted by Crippen LogP contribution is 2.60. The molecule has 1 N–H and O–H groups in total. The molecule has 0 atom stereocenters. The molecule has 26 heavy (non-hydrogen) atoms. The van der Waals surface area contributed by atoms with Gasteiger partial charge >= 0.3 is 6.09 Å². The molecule has 0 radical (unpaired) electrons. The molecular formula is C15H30N3O4PS3. The van der Waals surface area contributed by atoms with Gasteiger partial charge in [-0.1, -0.05) is 19.0 Å². The van der Waals surface area contributed by atoms with E-state index in [4.69, 9.17) is 25.7 Å². The standard InChI is InChI=1S/C15H30N3O4PS3/c1-12(2)18(23(24)20-9-14(3,4)10-21-23)26-11-16-13(19)22-17-8-15(5,6)25-7/h8,12H,9-11H2,1-7H3,(H,16,19). The summed E-state index contributed by atoms with van der Waals surface area (Å²) in [5, 5.41) is 6.37. The minimum Gasteiger partial charge on any atom is -0.317 e. The van der Waals surface area contributed by atoms with Gasteiger partial charge in [-0.2, -0.15) is 15.8 Å². The van der Waals surface area contributed by atoms with Crippen LogP contribution in [-0.2, 0) is 25.7 Å². The maximum atomic E-state index is 11.7. The van der Waals surface area contributed by atoms with Crippen molar-refractivity contribution in [1.82, 2.24) is 9.39 Å². The first-order valence-electron chi connectivity index (χ1n) is 8.27. The van der Waals surface area contributed by atoms with E-state index < -0.39 is 12.7 Å². The number of rotatable bonds is 8. The summed E-state index contributed by atoms with van der Waals surface area (Å²) >= 11 is 8.64. The molecule has 1 fully saturated rings. The summed E-state index contributed by atoms with van der Waals surface area (Å²) in [6.45, 7) is 10.7. The number of hydrogen-bond acceptors (Lipinski definition) is 8. The maximum Gasteiger partial charge on any atom is 0.434 e. The third kappa shape index (κ3) is 8.04. The normalized spacial score (nSPS) is 19.9. The van der Waals surface area contributed by atoms with Gasteiger partial charge in [0, 0.05) is 16.2 Å². The van der Waals surface area contributed by atoms with Gasteiger partial charge < -0.3 is 14.4 Å². The van der Waals surface area contributed by atoms with E-state index >= 15 is 0 Å². The molecule has 0 aromatic carbocycles. The second-order valence-electron chi connectivity index (χ2n) is 7.45. The van der Waals surface area contributed by atoms with E-state index in [2.05, 4.69) is 24.3 Å². The molecule has 0 aromatic rings. The number of amides is 1. The van der Waals surface area contributed by atoms with Crippen LogP contribution in [0.5, 0.6) is 0 Å². The van der Waals surface area contributed by atoms with Crippen molar-refractivity contribution in [1.29, 1.82) is 0 Å². The van der Waals surface area contributed by atoms with Gasteiger partial charge in [-0.3, -0.25) is 4.84 Å². The number of carbonyl (C=O) groups excluding carboxylic acids is 1. The maximum absolute atomic E-state index is 11.7. The quantitative estimate of drug-likeness (QED) is 0.147. The minimum absolute atomic E-state index is 0.0414. The third-order valence-corrected chi connectivity index (χ3v) is 9.79. The summed E-state index contributed by atoms with van der Waals surface area (Å²) in [6.07, 6.45) is 2.95. The number of nitrogens with zero attached hydrogens (tertiary/aromatic N) is 2. The van der Waals surface area contributed by atoms with Gasteiger partial charge in [0.2, 0.25) is 0 Å². The molecule has 0 aromatic heterocycles. The molecule has 1 heterocycles. The summed E-state index contributed by atoms with van der Waals surface area (Å²) in [6, 6.07) is 0.102. The van der Waals surface area contributed by atoms with E-state index in [0.717, 1.165) is 0 Å². The number of nitrogens with one attached hydrogen (secondary N) is 1. The van der Waals surface area contributed by atoms with Gasteiger partial charge in [-0.05, 0) is 57.7 Å². The summed E-state index contributed by atoms with van der Waals surface area (Å²) in [4.78, 5) is 16.6. The van der Waals surface area contributed by atoms with Crippen molar-refractivity contribution in [3.8, 4) is 0 Å². The zero-order chi connectivity index (χ0) is 20.0. The largest absolute Gasteiger partial charge is 0.434 e. The summed E-state index contributed by atoms with van der Waals surface area (Å²) < 4.78 is 13.6. The Labute approximate surface area is 170 Å². The van der Waals surface area contributed by atoms with E-state index in [-0.39, 0.29) is 22.1 Å². The molecule has 1 aliphatic heterocycles. The van der Waals surface area contributed by atoms with Gasteiger partial charge in [0.25, 0.3) is 6.64 Å². The Balaban J connectivity index is 2.50. The first kappa shape index (κ1) is 24.2. The van der Waals surface area contributed by atoms with Crippen LogP contribution in [0.15, 0.2) is 5.16 Å². The van der Waals surface area contributed by atoms with E-state index in [1.165, 1.54) is 11.9 Å². The van der Waals surface area contributed by atoms with Crippen LogP contribution in [0, 0.1) is 5.41 Å². The highest BCUT2D eigenvalue weighted by molar-refractivity contribution is 8.15. The Morgan fingerprint density at radius 3 is 2.54 bits per heavy atom. The number of hydrogen-bond donors (Lipinski definition) is 1. The van der Waals surface area contributed by atoms with Crippen LogP contribution in [0.25, 0.3) is 0 Å². The summed E-state index contributed by atoms with van der Waals surface area (Å²) in [5.74, 6) is 0.285. The zero-order valence-electron chi connectivity index (χ0n) is 16.5. The van der Waals surface area contributed by atoms with Gasteiger partial charge in [-0.15, -0.1) is 0 Å². The molecule has 7 nitrogen and oxygen atoms in total. The van der Waals surface area contributed by atoms with Crippen LogP contribution in [0.1, 0.15) is 41.5 Å². The van der Waals surface area contributed by atoms with E-state index in [1.54, 1.807) is 18.0 Å². The lowest BCUT2D eigenvalue weighted by Crippen LogP contribution is -2.35. The van der Waals surface area contributed by atoms with Crippen LogP contribution in [-0.4, -0.2) is 52.5 Å². The monoisotopic (exact) mass is 443 g/mol. The first-order valence-corrected chi connectivity index (χ1v) is 13.0. The number of oxime groups is 1. The van der Waals surface area contributed by atoms with Crippen molar-refractivity contribution in [3.63, 3.8) is 0 Å². The topological polar surface area (TPSA) is 72.4 Å². The molecule has 1 amide bonds. The molecule has 0 saturated carbocycles. The Hall–Kier alpha value is 0.170. The lowest BCUT2D eigenvalue weighted by atomic mass is 9.97. The average molecular weight is 444 g/mol. The van der Waals surface area contributed by atoms with Crippen molar-refractivity contribution < 1.29 is 18.7 Å². The van der Waals surface area contributed by atoms with Gasteiger partial charge in [0.1, 0.15) is 0 Å². The SMILES string of the molecule is CSC(C)(C)C=NOC(=O)NCSN(C(C)C)P1(=S)OCC(C)(C)CO1. The zero-order valence-corrected chi connectivity index (χ0v) is 19.8.